The Labute approximate surface area is 158 Å². The highest BCUT2D eigenvalue weighted by atomic mass is 32.2. The maximum Gasteiger partial charge on any atom is 0.418 e. The lowest BCUT2D eigenvalue weighted by Gasteiger charge is -2.13. The van der Waals surface area contributed by atoms with E-state index >= 15 is 0 Å². The fraction of sp³-hybridized carbons (Fsp3) is 0.158. The molecule has 0 spiro atoms. The maximum absolute atomic E-state index is 12.9. The minimum atomic E-state index is -4.60. The Morgan fingerprint density at radius 3 is 2.41 bits per heavy atom. The second-order valence-electron chi connectivity index (χ2n) is 5.31. The minimum Gasteiger partial charge on any atom is -0.452 e. The molecule has 0 aromatic heterocycles. The summed E-state index contributed by atoms with van der Waals surface area (Å²) in [7, 11) is 0. The standard InChI is InChI=1S/C19H16F3NO3S/c1-27-14-9-6-13(7-10-14)8-11-18(25)26-12-17(24)23-16-5-3-2-4-15(16)19(20,21)22/h2-11H,12H2,1H3,(H,23,24)/b11-8+. The van der Waals surface area contributed by atoms with Gasteiger partial charge in [-0.05, 0) is 42.2 Å². The Hall–Kier alpha value is -2.74. The summed E-state index contributed by atoms with van der Waals surface area (Å²) in [6, 6.07) is 12.0. The molecule has 1 amide bonds. The molecule has 142 valence electrons. The number of benzene rings is 2. The first-order valence-electron chi connectivity index (χ1n) is 7.74. The van der Waals surface area contributed by atoms with Gasteiger partial charge in [0.15, 0.2) is 6.61 Å². The van der Waals surface area contributed by atoms with E-state index in [1.165, 1.54) is 18.2 Å². The third-order valence-electron chi connectivity index (χ3n) is 3.38. The molecule has 0 atom stereocenters. The molecule has 0 saturated heterocycles. The van der Waals surface area contributed by atoms with Gasteiger partial charge in [-0.1, -0.05) is 24.3 Å². The second kappa shape index (κ2) is 9.27. The van der Waals surface area contributed by atoms with E-state index in [2.05, 4.69) is 5.32 Å². The zero-order chi connectivity index (χ0) is 19.9. The number of rotatable bonds is 6. The van der Waals surface area contributed by atoms with Crippen molar-refractivity contribution >= 4 is 35.4 Å². The summed E-state index contributed by atoms with van der Waals surface area (Å²) in [6.45, 7) is -0.694. The van der Waals surface area contributed by atoms with Crippen LogP contribution in [-0.2, 0) is 20.5 Å². The number of ether oxygens (including phenoxy) is 1. The normalized spacial score (nSPS) is 11.4. The number of para-hydroxylation sites is 1. The van der Waals surface area contributed by atoms with E-state index in [0.29, 0.717) is 0 Å². The molecule has 4 nitrogen and oxygen atoms in total. The van der Waals surface area contributed by atoms with Crippen LogP contribution in [0.5, 0.6) is 0 Å². The summed E-state index contributed by atoms with van der Waals surface area (Å²) in [6.07, 6.45) is 0.00379. The highest BCUT2D eigenvalue weighted by Gasteiger charge is 2.33. The number of hydrogen-bond donors (Lipinski definition) is 1. The Morgan fingerprint density at radius 2 is 1.78 bits per heavy atom. The van der Waals surface area contributed by atoms with Crippen LogP contribution in [0.4, 0.5) is 18.9 Å². The number of halogens is 3. The van der Waals surface area contributed by atoms with Crippen LogP contribution in [-0.4, -0.2) is 24.7 Å². The second-order valence-corrected chi connectivity index (χ2v) is 6.19. The van der Waals surface area contributed by atoms with Crippen LogP contribution in [0.3, 0.4) is 0 Å². The molecule has 0 aliphatic carbocycles. The van der Waals surface area contributed by atoms with Crippen LogP contribution in [0.25, 0.3) is 6.08 Å². The van der Waals surface area contributed by atoms with Crippen molar-refractivity contribution in [2.45, 2.75) is 11.1 Å². The lowest BCUT2D eigenvalue weighted by atomic mass is 10.1. The van der Waals surface area contributed by atoms with Gasteiger partial charge in [0.25, 0.3) is 5.91 Å². The summed E-state index contributed by atoms with van der Waals surface area (Å²) in [4.78, 5) is 24.5. The lowest BCUT2D eigenvalue weighted by Crippen LogP contribution is -2.22. The molecule has 0 aliphatic rings. The average Bonchev–Trinajstić information content (AvgIpc) is 2.64. The number of thioether (sulfide) groups is 1. The zero-order valence-corrected chi connectivity index (χ0v) is 15.1. The van der Waals surface area contributed by atoms with Crippen LogP contribution in [0.15, 0.2) is 59.5 Å². The van der Waals surface area contributed by atoms with E-state index in [0.717, 1.165) is 28.7 Å². The molecule has 0 aliphatic heterocycles. The van der Waals surface area contributed by atoms with Gasteiger partial charge in [0, 0.05) is 11.0 Å². The fourth-order valence-corrected chi connectivity index (χ4v) is 2.50. The quantitative estimate of drug-likeness (QED) is 0.440. The predicted octanol–water partition coefficient (Wildman–Crippen LogP) is 4.62. The number of alkyl halides is 3. The van der Waals surface area contributed by atoms with Crippen LogP contribution in [0.2, 0.25) is 0 Å². The van der Waals surface area contributed by atoms with Crippen LogP contribution < -0.4 is 5.32 Å². The van der Waals surface area contributed by atoms with Crippen molar-refractivity contribution in [3.05, 3.63) is 65.7 Å². The topological polar surface area (TPSA) is 55.4 Å². The van der Waals surface area contributed by atoms with Gasteiger partial charge in [0.05, 0.1) is 11.3 Å². The molecule has 2 rings (SSSR count). The molecule has 0 fully saturated rings. The summed E-state index contributed by atoms with van der Waals surface area (Å²) < 4.78 is 43.4. The van der Waals surface area contributed by atoms with Crippen molar-refractivity contribution < 1.29 is 27.5 Å². The predicted molar refractivity (Wildman–Crippen MR) is 98.3 cm³/mol. The zero-order valence-electron chi connectivity index (χ0n) is 14.2. The number of amides is 1. The number of carbonyl (C=O) groups is 2. The first kappa shape index (κ1) is 20.6. The summed E-state index contributed by atoms with van der Waals surface area (Å²) >= 11 is 1.59. The molecular formula is C19H16F3NO3S. The van der Waals surface area contributed by atoms with Gasteiger partial charge in [-0.3, -0.25) is 4.79 Å². The first-order valence-corrected chi connectivity index (χ1v) is 8.97. The smallest absolute Gasteiger partial charge is 0.418 e. The molecule has 0 bridgehead atoms. The van der Waals surface area contributed by atoms with Gasteiger partial charge < -0.3 is 10.1 Å². The van der Waals surface area contributed by atoms with Crippen molar-refractivity contribution in [1.29, 1.82) is 0 Å². The van der Waals surface area contributed by atoms with Crippen LogP contribution in [0.1, 0.15) is 11.1 Å². The van der Waals surface area contributed by atoms with E-state index in [1.54, 1.807) is 11.8 Å². The van der Waals surface area contributed by atoms with E-state index < -0.39 is 35.9 Å². The fourth-order valence-electron chi connectivity index (χ4n) is 2.09. The van der Waals surface area contributed by atoms with E-state index in [4.69, 9.17) is 4.74 Å². The number of carbonyl (C=O) groups excluding carboxylic acids is 2. The average molecular weight is 395 g/mol. The summed E-state index contributed by atoms with van der Waals surface area (Å²) in [5.41, 5.74) is -0.595. The summed E-state index contributed by atoms with van der Waals surface area (Å²) in [5, 5.41) is 2.10. The molecule has 0 unspecified atom stereocenters. The largest absolute Gasteiger partial charge is 0.452 e. The van der Waals surface area contributed by atoms with Crippen molar-refractivity contribution in [2.24, 2.45) is 0 Å². The van der Waals surface area contributed by atoms with Crippen LogP contribution in [0, 0.1) is 0 Å². The maximum atomic E-state index is 12.9. The third-order valence-corrected chi connectivity index (χ3v) is 4.12. The number of esters is 1. The van der Waals surface area contributed by atoms with E-state index in [9.17, 15) is 22.8 Å². The number of hydrogen-bond acceptors (Lipinski definition) is 4. The number of anilines is 1. The van der Waals surface area contributed by atoms with Crippen molar-refractivity contribution in [3.8, 4) is 0 Å². The van der Waals surface area contributed by atoms with Gasteiger partial charge in [-0.2, -0.15) is 13.2 Å². The van der Waals surface area contributed by atoms with Gasteiger partial charge in [0.2, 0.25) is 0 Å². The SMILES string of the molecule is CSc1ccc(/C=C/C(=O)OCC(=O)Nc2ccccc2C(F)(F)F)cc1. The molecule has 2 aromatic carbocycles. The van der Waals surface area contributed by atoms with Gasteiger partial charge in [-0.25, -0.2) is 4.79 Å². The lowest BCUT2D eigenvalue weighted by molar-refractivity contribution is -0.142. The van der Waals surface area contributed by atoms with Crippen molar-refractivity contribution in [2.75, 3.05) is 18.2 Å². The Morgan fingerprint density at radius 1 is 1.11 bits per heavy atom. The molecule has 0 radical (unpaired) electrons. The van der Waals surface area contributed by atoms with E-state index in [-0.39, 0.29) is 0 Å². The Kier molecular flexibility index (Phi) is 7.06. The Bertz CT molecular complexity index is 833. The molecule has 1 N–H and O–H groups in total. The molecular weight excluding hydrogens is 379 g/mol. The molecule has 8 heteroatoms. The molecule has 2 aromatic rings. The first-order chi connectivity index (χ1) is 12.8. The molecule has 27 heavy (non-hydrogen) atoms. The minimum absolute atomic E-state index is 0.393. The van der Waals surface area contributed by atoms with Gasteiger partial charge >= 0.3 is 12.1 Å². The van der Waals surface area contributed by atoms with Crippen molar-refractivity contribution in [1.82, 2.24) is 0 Å². The van der Waals surface area contributed by atoms with Gasteiger partial charge in [-0.15, -0.1) is 11.8 Å². The van der Waals surface area contributed by atoms with Crippen molar-refractivity contribution in [3.63, 3.8) is 0 Å². The highest BCUT2D eigenvalue weighted by Crippen LogP contribution is 2.34. The molecule has 0 saturated carbocycles. The monoisotopic (exact) mass is 395 g/mol. The summed E-state index contributed by atoms with van der Waals surface area (Å²) in [5.74, 6) is -1.64. The van der Waals surface area contributed by atoms with E-state index in [1.807, 2.05) is 30.5 Å². The third kappa shape index (κ3) is 6.49. The number of nitrogens with one attached hydrogen (secondary N) is 1. The Balaban J connectivity index is 1.88. The van der Waals surface area contributed by atoms with Crippen LogP contribution >= 0.6 is 11.8 Å². The van der Waals surface area contributed by atoms with Gasteiger partial charge in [0.1, 0.15) is 0 Å². The molecule has 0 heterocycles. The highest BCUT2D eigenvalue weighted by molar-refractivity contribution is 7.98.